The van der Waals surface area contributed by atoms with Crippen molar-refractivity contribution in [1.29, 1.82) is 0 Å². The Morgan fingerprint density at radius 2 is 2.00 bits per heavy atom. The summed E-state index contributed by atoms with van der Waals surface area (Å²) in [6.07, 6.45) is 0. The lowest BCUT2D eigenvalue weighted by atomic mass is 10.0. The van der Waals surface area contributed by atoms with Crippen LogP contribution in [-0.4, -0.2) is 31.1 Å². The summed E-state index contributed by atoms with van der Waals surface area (Å²) in [5, 5.41) is 4.22. The summed E-state index contributed by atoms with van der Waals surface area (Å²) in [4.78, 5) is 3.89. The molecule has 5 heteroatoms. The molecule has 3 rings (SSSR count). The quantitative estimate of drug-likeness (QED) is 0.871. The highest BCUT2D eigenvalue weighted by Crippen LogP contribution is 2.36. The van der Waals surface area contributed by atoms with Gasteiger partial charge in [-0.05, 0) is 45.8 Å². The summed E-state index contributed by atoms with van der Waals surface area (Å²) in [5.74, 6) is 0. The third kappa shape index (κ3) is 3.26. The van der Waals surface area contributed by atoms with Gasteiger partial charge in [0.05, 0.1) is 9.83 Å². The van der Waals surface area contributed by atoms with E-state index in [-0.39, 0.29) is 0 Å². The molecule has 2 heterocycles. The number of benzene rings is 1. The van der Waals surface area contributed by atoms with Gasteiger partial charge in [-0.1, -0.05) is 23.7 Å². The van der Waals surface area contributed by atoms with Gasteiger partial charge in [0.1, 0.15) is 0 Å². The van der Waals surface area contributed by atoms with Crippen molar-refractivity contribution < 1.29 is 0 Å². The molecule has 1 N–H and O–H groups in total. The molecule has 1 aliphatic rings. The normalized spacial score (nSPS) is 18.1. The number of rotatable bonds is 3. The zero-order valence-electron chi connectivity index (χ0n) is 11.0. The van der Waals surface area contributed by atoms with Gasteiger partial charge in [0, 0.05) is 36.1 Å². The van der Waals surface area contributed by atoms with Crippen LogP contribution in [0.3, 0.4) is 0 Å². The maximum absolute atomic E-state index is 6.18. The van der Waals surface area contributed by atoms with Crippen molar-refractivity contribution in [1.82, 2.24) is 10.2 Å². The Balaban J connectivity index is 1.98. The van der Waals surface area contributed by atoms with E-state index < -0.39 is 0 Å². The van der Waals surface area contributed by atoms with Crippen LogP contribution in [0.5, 0.6) is 0 Å². The second-order valence-corrected chi connectivity index (χ2v) is 7.82. The van der Waals surface area contributed by atoms with E-state index in [2.05, 4.69) is 50.4 Å². The fraction of sp³-hybridized carbons (Fsp3) is 0.333. The zero-order chi connectivity index (χ0) is 13.9. The summed E-state index contributed by atoms with van der Waals surface area (Å²) in [6, 6.07) is 12.9. The first-order valence-corrected chi connectivity index (χ1v) is 8.68. The largest absolute Gasteiger partial charge is 0.314 e. The Bertz CT molecular complexity index is 581. The Morgan fingerprint density at radius 3 is 2.65 bits per heavy atom. The minimum atomic E-state index is 0.298. The summed E-state index contributed by atoms with van der Waals surface area (Å²) < 4.78 is 1.18. The van der Waals surface area contributed by atoms with Gasteiger partial charge in [-0.15, -0.1) is 11.3 Å². The molecule has 0 amide bonds. The Labute approximate surface area is 136 Å². The molecule has 1 fully saturated rings. The topological polar surface area (TPSA) is 15.3 Å². The van der Waals surface area contributed by atoms with E-state index in [0.29, 0.717) is 6.04 Å². The standard InChI is InChI=1S/C15H16BrClN2S/c16-14-5-4-13(20-14)15(19-8-6-18-7-9-19)11-2-1-3-12(17)10-11/h1-5,10,15,18H,6-9H2. The van der Waals surface area contributed by atoms with E-state index in [1.54, 1.807) is 11.3 Å². The first kappa shape index (κ1) is 14.5. The van der Waals surface area contributed by atoms with Gasteiger partial charge in [-0.3, -0.25) is 4.90 Å². The molecule has 2 nitrogen and oxygen atoms in total. The third-order valence-corrected chi connectivity index (χ3v) is 5.46. The summed E-state index contributed by atoms with van der Waals surface area (Å²) in [5.41, 5.74) is 1.27. The molecule has 1 aromatic carbocycles. The lowest BCUT2D eigenvalue weighted by molar-refractivity contribution is 0.200. The van der Waals surface area contributed by atoms with Gasteiger partial charge in [0.15, 0.2) is 0 Å². The fourth-order valence-electron chi connectivity index (χ4n) is 2.65. The highest BCUT2D eigenvalue weighted by molar-refractivity contribution is 9.11. The molecule has 1 saturated heterocycles. The van der Waals surface area contributed by atoms with Crippen molar-refractivity contribution in [3.63, 3.8) is 0 Å². The van der Waals surface area contributed by atoms with E-state index in [4.69, 9.17) is 11.6 Å². The van der Waals surface area contributed by atoms with E-state index >= 15 is 0 Å². The van der Waals surface area contributed by atoms with Crippen LogP contribution >= 0.6 is 38.9 Å². The number of nitrogens with zero attached hydrogens (tertiary/aromatic N) is 1. The average Bonchev–Trinajstić information content (AvgIpc) is 2.87. The minimum Gasteiger partial charge on any atom is -0.314 e. The second kappa shape index (κ2) is 6.58. The first-order chi connectivity index (χ1) is 9.74. The summed E-state index contributed by atoms with van der Waals surface area (Å²) in [7, 11) is 0. The van der Waals surface area contributed by atoms with Crippen molar-refractivity contribution in [2.24, 2.45) is 0 Å². The number of hydrogen-bond acceptors (Lipinski definition) is 3. The fourth-order valence-corrected chi connectivity index (χ4v) is 4.43. The molecule has 1 aliphatic heterocycles. The Morgan fingerprint density at radius 1 is 1.20 bits per heavy atom. The average molecular weight is 372 g/mol. The molecule has 1 atom stereocenters. The maximum atomic E-state index is 6.18. The van der Waals surface area contributed by atoms with Crippen LogP contribution in [0.4, 0.5) is 0 Å². The van der Waals surface area contributed by atoms with E-state index in [0.717, 1.165) is 31.2 Å². The van der Waals surface area contributed by atoms with Crippen molar-refractivity contribution >= 4 is 38.9 Å². The number of halogens is 2. The lowest BCUT2D eigenvalue weighted by Gasteiger charge is -2.34. The molecule has 0 bridgehead atoms. The van der Waals surface area contributed by atoms with Crippen LogP contribution in [-0.2, 0) is 0 Å². The zero-order valence-corrected chi connectivity index (χ0v) is 14.1. The van der Waals surface area contributed by atoms with E-state index in [9.17, 15) is 0 Å². The van der Waals surface area contributed by atoms with Crippen LogP contribution < -0.4 is 5.32 Å². The minimum absolute atomic E-state index is 0.298. The van der Waals surface area contributed by atoms with Crippen molar-refractivity contribution in [2.45, 2.75) is 6.04 Å². The van der Waals surface area contributed by atoms with Crippen LogP contribution in [0.1, 0.15) is 16.5 Å². The van der Waals surface area contributed by atoms with Crippen molar-refractivity contribution in [3.8, 4) is 0 Å². The summed E-state index contributed by atoms with van der Waals surface area (Å²) in [6.45, 7) is 4.21. The number of piperazine rings is 1. The van der Waals surface area contributed by atoms with Gasteiger partial charge in [-0.25, -0.2) is 0 Å². The Kier molecular flexibility index (Phi) is 4.79. The SMILES string of the molecule is Clc1cccc(C(c2ccc(Br)s2)N2CCNCC2)c1. The van der Waals surface area contributed by atoms with Crippen molar-refractivity contribution in [3.05, 3.63) is 55.6 Å². The van der Waals surface area contributed by atoms with Crippen LogP contribution in [0.15, 0.2) is 40.2 Å². The van der Waals surface area contributed by atoms with Gasteiger partial charge >= 0.3 is 0 Å². The molecule has 0 spiro atoms. The highest BCUT2D eigenvalue weighted by Gasteiger charge is 2.25. The van der Waals surface area contributed by atoms with Gasteiger partial charge in [0.2, 0.25) is 0 Å². The van der Waals surface area contributed by atoms with Crippen molar-refractivity contribution in [2.75, 3.05) is 26.2 Å². The first-order valence-electron chi connectivity index (χ1n) is 6.69. The van der Waals surface area contributed by atoms with Crippen LogP contribution in [0.2, 0.25) is 5.02 Å². The monoisotopic (exact) mass is 370 g/mol. The van der Waals surface area contributed by atoms with Crippen LogP contribution in [0, 0.1) is 0 Å². The lowest BCUT2D eigenvalue weighted by Crippen LogP contribution is -2.45. The molecule has 0 radical (unpaired) electrons. The van der Waals surface area contributed by atoms with Crippen LogP contribution in [0.25, 0.3) is 0 Å². The summed E-state index contributed by atoms with van der Waals surface area (Å²) >= 11 is 11.6. The molecular formula is C15H16BrClN2S. The molecule has 1 unspecified atom stereocenters. The smallest absolute Gasteiger partial charge is 0.0702 e. The van der Waals surface area contributed by atoms with Gasteiger partial charge in [0.25, 0.3) is 0 Å². The predicted octanol–water partition coefficient (Wildman–Crippen LogP) is 4.16. The molecule has 1 aromatic heterocycles. The number of hydrogen-bond donors (Lipinski definition) is 1. The molecule has 0 saturated carbocycles. The molecule has 106 valence electrons. The van der Waals surface area contributed by atoms with E-state index in [1.165, 1.54) is 14.2 Å². The Hall–Kier alpha value is -0.390. The number of nitrogens with one attached hydrogen (secondary N) is 1. The van der Waals surface area contributed by atoms with Gasteiger partial charge in [-0.2, -0.15) is 0 Å². The highest BCUT2D eigenvalue weighted by atomic mass is 79.9. The van der Waals surface area contributed by atoms with Gasteiger partial charge < -0.3 is 5.32 Å². The van der Waals surface area contributed by atoms with E-state index in [1.807, 2.05) is 12.1 Å². The number of thiophene rings is 1. The molecular weight excluding hydrogens is 356 g/mol. The maximum Gasteiger partial charge on any atom is 0.0702 e. The predicted molar refractivity (Wildman–Crippen MR) is 89.8 cm³/mol. The third-order valence-electron chi connectivity index (χ3n) is 3.54. The molecule has 0 aliphatic carbocycles. The second-order valence-electron chi connectivity index (χ2n) is 4.89. The molecule has 2 aromatic rings. The molecule has 20 heavy (non-hydrogen) atoms.